The van der Waals surface area contributed by atoms with E-state index in [9.17, 15) is 4.79 Å². The zero-order valence-corrected chi connectivity index (χ0v) is 16.7. The smallest absolute Gasteiger partial charge is 0.272 e. The van der Waals surface area contributed by atoms with E-state index < -0.39 is 0 Å². The number of hydrogen-bond donors (Lipinski definition) is 2. The number of carbonyl (C=O) groups excluding carboxylic acids is 1. The Labute approximate surface area is 165 Å². The molecule has 2 aliphatic heterocycles. The third-order valence-electron chi connectivity index (χ3n) is 6.14. The summed E-state index contributed by atoms with van der Waals surface area (Å²) in [6.07, 6.45) is 4.26. The third-order valence-corrected chi connectivity index (χ3v) is 6.14. The fourth-order valence-corrected chi connectivity index (χ4v) is 4.61. The Kier molecular flexibility index (Phi) is 5.02. The lowest BCUT2D eigenvalue weighted by Crippen LogP contribution is -2.65. The normalized spacial score (nSPS) is 24.5. The van der Waals surface area contributed by atoms with Crippen molar-refractivity contribution in [1.29, 1.82) is 0 Å². The second-order valence-electron chi connectivity index (χ2n) is 7.84. The summed E-state index contributed by atoms with van der Waals surface area (Å²) in [6.45, 7) is 4.06. The molecule has 0 unspecified atom stereocenters. The zero-order chi connectivity index (χ0) is 19.7. The van der Waals surface area contributed by atoms with Gasteiger partial charge in [-0.2, -0.15) is 5.10 Å². The molecule has 1 amide bonds. The van der Waals surface area contributed by atoms with Crippen molar-refractivity contribution in [2.75, 3.05) is 27.3 Å². The van der Waals surface area contributed by atoms with Crippen LogP contribution in [0.25, 0.3) is 11.3 Å². The van der Waals surface area contributed by atoms with E-state index in [-0.39, 0.29) is 17.5 Å². The molecule has 150 valence electrons. The Bertz CT molecular complexity index is 861. The van der Waals surface area contributed by atoms with Crippen molar-refractivity contribution in [3.05, 3.63) is 30.0 Å². The van der Waals surface area contributed by atoms with Crippen LogP contribution in [0.5, 0.6) is 11.5 Å². The molecular formula is C21H28N4O3. The maximum Gasteiger partial charge on any atom is 0.272 e. The van der Waals surface area contributed by atoms with Gasteiger partial charge in [0.2, 0.25) is 0 Å². The van der Waals surface area contributed by atoms with Gasteiger partial charge in [-0.1, -0.05) is 0 Å². The number of rotatable bonds is 4. The molecule has 0 saturated carbocycles. The van der Waals surface area contributed by atoms with Crippen LogP contribution in [0.3, 0.4) is 0 Å². The van der Waals surface area contributed by atoms with Crippen LogP contribution in [0.2, 0.25) is 0 Å². The minimum Gasteiger partial charge on any atom is -0.497 e. The number of nitrogens with one attached hydrogen (secondary N) is 2. The predicted octanol–water partition coefficient (Wildman–Crippen LogP) is 2.84. The number of benzene rings is 1. The average Bonchev–Trinajstić information content (AvgIpc) is 3.21. The molecule has 2 aromatic rings. The van der Waals surface area contributed by atoms with Crippen molar-refractivity contribution in [3.8, 4) is 22.8 Å². The fraction of sp³-hybridized carbons (Fsp3) is 0.524. The standard InChI is InChI=1S/C21H28N4O3/c1-21-9-5-11-25(19(21)6-4-10-22-21)20(26)17-13-16(23-24-17)15-12-14(27-2)7-8-18(15)28-3/h7-8,12-13,19,22H,4-6,9-11H2,1-3H3,(H,23,24)/t19-,21+/m1/s1. The van der Waals surface area contributed by atoms with Gasteiger partial charge in [0, 0.05) is 23.7 Å². The van der Waals surface area contributed by atoms with Crippen LogP contribution >= 0.6 is 0 Å². The van der Waals surface area contributed by atoms with Gasteiger partial charge in [0.15, 0.2) is 0 Å². The highest BCUT2D eigenvalue weighted by Crippen LogP contribution is 2.35. The lowest BCUT2D eigenvalue weighted by molar-refractivity contribution is 0.0249. The summed E-state index contributed by atoms with van der Waals surface area (Å²) in [5, 5.41) is 11.0. The van der Waals surface area contributed by atoms with Crippen LogP contribution in [0, 0.1) is 0 Å². The molecule has 0 spiro atoms. The first-order valence-electron chi connectivity index (χ1n) is 9.89. The molecule has 2 atom stereocenters. The first-order valence-corrected chi connectivity index (χ1v) is 9.89. The van der Waals surface area contributed by atoms with E-state index in [1.165, 1.54) is 0 Å². The predicted molar refractivity (Wildman–Crippen MR) is 107 cm³/mol. The van der Waals surface area contributed by atoms with Crippen molar-refractivity contribution >= 4 is 5.91 Å². The zero-order valence-electron chi connectivity index (χ0n) is 16.7. The molecule has 2 fully saturated rings. The number of amides is 1. The van der Waals surface area contributed by atoms with E-state index >= 15 is 0 Å². The van der Waals surface area contributed by atoms with Crippen LogP contribution in [-0.2, 0) is 0 Å². The van der Waals surface area contributed by atoms with Crippen LogP contribution in [0.4, 0.5) is 0 Å². The van der Waals surface area contributed by atoms with Gasteiger partial charge in [0.05, 0.1) is 19.9 Å². The quantitative estimate of drug-likeness (QED) is 0.847. The number of likely N-dealkylation sites (tertiary alicyclic amines) is 1. The summed E-state index contributed by atoms with van der Waals surface area (Å²) in [5.41, 5.74) is 1.97. The van der Waals surface area contributed by atoms with Gasteiger partial charge >= 0.3 is 0 Å². The molecule has 3 heterocycles. The van der Waals surface area contributed by atoms with Crippen LogP contribution in [0.1, 0.15) is 43.1 Å². The van der Waals surface area contributed by atoms with Crippen molar-refractivity contribution in [3.63, 3.8) is 0 Å². The molecule has 7 heteroatoms. The Balaban J connectivity index is 1.62. The number of H-pyrrole nitrogens is 1. The fourth-order valence-electron chi connectivity index (χ4n) is 4.61. The van der Waals surface area contributed by atoms with E-state index in [1.54, 1.807) is 14.2 Å². The maximum absolute atomic E-state index is 13.3. The van der Waals surface area contributed by atoms with E-state index in [0.29, 0.717) is 22.9 Å². The molecule has 1 aromatic carbocycles. The number of nitrogens with zero attached hydrogens (tertiary/aromatic N) is 2. The molecule has 7 nitrogen and oxygen atoms in total. The maximum atomic E-state index is 13.3. The highest BCUT2D eigenvalue weighted by Gasteiger charge is 2.44. The Morgan fingerprint density at radius 3 is 2.89 bits per heavy atom. The monoisotopic (exact) mass is 384 g/mol. The van der Waals surface area contributed by atoms with Crippen LogP contribution in [-0.4, -0.2) is 59.9 Å². The number of aromatic amines is 1. The minimum absolute atomic E-state index is 0.00499. The first-order chi connectivity index (χ1) is 13.6. The van der Waals surface area contributed by atoms with Crippen molar-refractivity contribution in [1.82, 2.24) is 20.4 Å². The second kappa shape index (κ2) is 7.47. The van der Waals surface area contributed by atoms with Crippen molar-refractivity contribution in [2.24, 2.45) is 0 Å². The highest BCUT2D eigenvalue weighted by atomic mass is 16.5. The number of piperidine rings is 2. The van der Waals surface area contributed by atoms with E-state index in [4.69, 9.17) is 9.47 Å². The Hall–Kier alpha value is -2.54. The summed E-state index contributed by atoms with van der Waals surface area (Å²) < 4.78 is 10.8. The third kappa shape index (κ3) is 3.24. The molecule has 28 heavy (non-hydrogen) atoms. The van der Waals surface area contributed by atoms with Gasteiger partial charge in [-0.25, -0.2) is 0 Å². The molecule has 0 radical (unpaired) electrons. The molecule has 0 bridgehead atoms. The molecule has 0 aliphatic carbocycles. The molecule has 2 N–H and O–H groups in total. The summed E-state index contributed by atoms with van der Waals surface area (Å²) >= 11 is 0. The number of ether oxygens (including phenoxy) is 2. The van der Waals surface area contributed by atoms with Crippen molar-refractivity contribution < 1.29 is 14.3 Å². The molecule has 2 saturated heterocycles. The van der Waals surface area contributed by atoms with Gasteiger partial charge in [0.25, 0.3) is 5.91 Å². The van der Waals surface area contributed by atoms with Gasteiger partial charge in [-0.15, -0.1) is 0 Å². The van der Waals surface area contributed by atoms with E-state index in [2.05, 4.69) is 22.4 Å². The van der Waals surface area contributed by atoms with Crippen LogP contribution < -0.4 is 14.8 Å². The SMILES string of the molecule is COc1ccc(OC)c(-c2cc(C(=O)N3CCC[C@]4(C)NCCC[C@@H]34)[nH]n2)c1. The van der Waals surface area contributed by atoms with E-state index in [0.717, 1.165) is 44.3 Å². The molecule has 1 aromatic heterocycles. The summed E-state index contributed by atoms with van der Waals surface area (Å²) in [5.74, 6) is 1.42. The minimum atomic E-state index is 0.00499. The number of fused-ring (bicyclic) bond motifs is 1. The van der Waals surface area contributed by atoms with Gasteiger partial charge in [0.1, 0.15) is 17.2 Å². The molecular weight excluding hydrogens is 356 g/mol. The lowest BCUT2D eigenvalue weighted by Gasteiger charge is -2.51. The molecule has 2 aliphatic rings. The van der Waals surface area contributed by atoms with E-state index in [1.807, 2.05) is 29.2 Å². The van der Waals surface area contributed by atoms with Crippen molar-refractivity contribution in [2.45, 2.75) is 44.2 Å². The lowest BCUT2D eigenvalue weighted by atomic mass is 9.77. The average molecular weight is 384 g/mol. The number of hydrogen-bond acceptors (Lipinski definition) is 5. The molecule has 4 rings (SSSR count). The highest BCUT2D eigenvalue weighted by molar-refractivity contribution is 5.94. The second-order valence-corrected chi connectivity index (χ2v) is 7.84. The number of methoxy groups -OCH3 is 2. The summed E-state index contributed by atoms with van der Waals surface area (Å²) in [4.78, 5) is 15.3. The van der Waals surface area contributed by atoms with Gasteiger partial charge in [-0.05, 0) is 63.4 Å². The largest absolute Gasteiger partial charge is 0.497 e. The number of aromatic nitrogens is 2. The van der Waals surface area contributed by atoms with Crippen LogP contribution in [0.15, 0.2) is 24.3 Å². The summed E-state index contributed by atoms with van der Waals surface area (Å²) in [6, 6.07) is 7.58. The van der Waals surface area contributed by atoms with Gasteiger partial charge in [-0.3, -0.25) is 9.89 Å². The number of carbonyl (C=O) groups is 1. The first kappa shape index (κ1) is 18.8. The topological polar surface area (TPSA) is 79.5 Å². The van der Waals surface area contributed by atoms with Gasteiger partial charge < -0.3 is 19.7 Å². The Morgan fingerprint density at radius 2 is 2.11 bits per heavy atom. The Morgan fingerprint density at radius 1 is 1.25 bits per heavy atom. The summed E-state index contributed by atoms with van der Waals surface area (Å²) in [7, 11) is 3.24.